The molecule has 0 aliphatic carbocycles. The molecular weight excluding hydrogens is 222 g/mol. The van der Waals surface area contributed by atoms with Gasteiger partial charge in [0.2, 0.25) is 0 Å². The first-order valence-corrected chi connectivity index (χ1v) is 6.77. The summed E-state index contributed by atoms with van der Waals surface area (Å²) in [6.07, 6.45) is 2.70. The van der Waals surface area contributed by atoms with Crippen LogP contribution in [0.15, 0.2) is 12.1 Å². The fourth-order valence-electron chi connectivity index (χ4n) is 2.10. The number of aryl methyl sites for hydroxylation is 3. The molecule has 2 nitrogen and oxygen atoms in total. The van der Waals surface area contributed by atoms with Crippen LogP contribution in [0.4, 0.5) is 0 Å². The standard InChI is InChI=1S/C16H25NO/c1-12-10-14(3)16(11-13(12)2)7-9-17-8-5-6-15(4)18/h10-11,17H,5-9H2,1-4H3. The van der Waals surface area contributed by atoms with Gasteiger partial charge in [0, 0.05) is 6.42 Å². The van der Waals surface area contributed by atoms with Gasteiger partial charge in [-0.2, -0.15) is 0 Å². The van der Waals surface area contributed by atoms with Crippen molar-refractivity contribution in [1.82, 2.24) is 5.32 Å². The van der Waals surface area contributed by atoms with Gasteiger partial charge in [-0.05, 0) is 75.9 Å². The van der Waals surface area contributed by atoms with Crippen LogP contribution in [-0.2, 0) is 11.2 Å². The van der Waals surface area contributed by atoms with Crippen LogP contribution in [0.2, 0.25) is 0 Å². The van der Waals surface area contributed by atoms with E-state index < -0.39 is 0 Å². The molecular formula is C16H25NO. The van der Waals surface area contributed by atoms with Crippen LogP contribution in [0.3, 0.4) is 0 Å². The SMILES string of the molecule is CC(=O)CCCNCCc1cc(C)c(C)cc1C. The molecule has 1 aromatic rings. The third-order valence-electron chi connectivity index (χ3n) is 3.41. The Hall–Kier alpha value is -1.15. The number of hydrogen-bond donors (Lipinski definition) is 1. The van der Waals surface area contributed by atoms with Gasteiger partial charge in [-0.1, -0.05) is 12.1 Å². The molecule has 100 valence electrons. The van der Waals surface area contributed by atoms with Gasteiger partial charge in [0.1, 0.15) is 5.78 Å². The number of nitrogens with one attached hydrogen (secondary N) is 1. The van der Waals surface area contributed by atoms with Crippen molar-refractivity contribution in [3.63, 3.8) is 0 Å². The molecule has 18 heavy (non-hydrogen) atoms. The zero-order chi connectivity index (χ0) is 13.5. The minimum absolute atomic E-state index is 0.279. The third-order valence-corrected chi connectivity index (χ3v) is 3.41. The largest absolute Gasteiger partial charge is 0.316 e. The predicted molar refractivity (Wildman–Crippen MR) is 77.1 cm³/mol. The summed E-state index contributed by atoms with van der Waals surface area (Å²) in [5, 5.41) is 3.40. The van der Waals surface area contributed by atoms with Crippen LogP contribution in [0.1, 0.15) is 42.0 Å². The molecule has 0 radical (unpaired) electrons. The maximum Gasteiger partial charge on any atom is 0.129 e. The summed E-state index contributed by atoms with van der Waals surface area (Å²) in [6.45, 7) is 10.1. The normalized spacial score (nSPS) is 10.7. The minimum atomic E-state index is 0.279. The van der Waals surface area contributed by atoms with Crippen LogP contribution in [0.25, 0.3) is 0 Å². The Kier molecular flexibility index (Phi) is 6.06. The Morgan fingerprint density at radius 3 is 2.39 bits per heavy atom. The van der Waals surface area contributed by atoms with Gasteiger partial charge in [-0.25, -0.2) is 0 Å². The lowest BCUT2D eigenvalue weighted by Crippen LogP contribution is -2.19. The van der Waals surface area contributed by atoms with E-state index in [2.05, 4.69) is 38.2 Å². The third kappa shape index (κ3) is 5.01. The van der Waals surface area contributed by atoms with E-state index in [9.17, 15) is 4.79 Å². The van der Waals surface area contributed by atoms with Crippen molar-refractivity contribution in [1.29, 1.82) is 0 Å². The highest BCUT2D eigenvalue weighted by atomic mass is 16.1. The van der Waals surface area contributed by atoms with Gasteiger partial charge in [-0.15, -0.1) is 0 Å². The van der Waals surface area contributed by atoms with E-state index in [1.54, 1.807) is 6.92 Å². The molecule has 1 aromatic carbocycles. The molecule has 0 spiro atoms. The monoisotopic (exact) mass is 247 g/mol. The van der Waals surface area contributed by atoms with Crippen molar-refractivity contribution in [2.24, 2.45) is 0 Å². The average molecular weight is 247 g/mol. The Morgan fingerprint density at radius 1 is 1.06 bits per heavy atom. The second-order valence-electron chi connectivity index (χ2n) is 5.17. The highest BCUT2D eigenvalue weighted by molar-refractivity contribution is 5.75. The number of hydrogen-bond acceptors (Lipinski definition) is 2. The summed E-state index contributed by atoms with van der Waals surface area (Å²) in [4.78, 5) is 10.8. The van der Waals surface area contributed by atoms with Gasteiger partial charge < -0.3 is 10.1 Å². The zero-order valence-electron chi connectivity index (χ0n) is 12.1. The fourth-order valence-corrected chi connectivity index (χ4v) is 2.10. The molecule has 0 unspecified atom stereocenters. The van der Waals surface area contributed by atoms with E-state index in [1.807, 2.05) is 0 Å². The highest BCUT2D eigenvalue weighted by Crippen LogP contribution is 2.15. The fraction of sp³-hybridized carbons (Fsp3) is 0.562. The molecule has 0 bridgehead atoms. The first kappa shape index (κ1) is 14.9. The number of Topliss-reactive ketones (excluding diaryl/α,β-unsaturated/α-hetero) is 1. The summed E-state index contributed by atoms with van der Waals surface area (Å²) in [5.74, 6) is 0.279. The van der Waals surface area contributed by atoms with Gasteiger partial charge in [0.05, 0.1) is 0 Å². The van der Waals surface area contributed by atoms with Gasteiger partial charge in [0.25, 0.3) is 0 Å². The summed E-state index contributed by atoms with van der Waals surface area (Å²) in [7, 11) is 0. The Morgan fingerprint density at radius 2 is 1.72 bits per heavy atom. The van der Waals surface area contributed by atoms with Gasteiger partial charge >= 0.3 is 0 Å². The van der Waals surface area contributed by atoms with Crippen molar-refractivity contribution >= 4 is 5.78 Å². The number of benzene rings is 1. The maximum absolute atomic E-state index is 10.8. The molecule has 0 atom stereocenters. The molecule has 0 fully saturated rings. The first-order valence-electron chi connectivity index (χ1n) is 6.77. The van der Waals surface area contributed by atoms with E-state index in [0.29, 0.717) is 6.42 Å². The van der Waals surface area contributed by atoms with Crippen molar-refractivity contribution in [3.05, 3.63) is 34.4 Å². The van der Waals surface area contributed by atoms with Crippen LogP contribution in [-0.4, -0.2) is 18.9 Å². The summed E-state index contributed by atoms with van der Waals surface area (Å²) in [6, 6.07) is 4.56. The van der Waals surface area contributed by atoms with Gasteiger partial charge in [0.15, 0.2) is 0 Å². The van der Waals surface area contributed by atoms with Crippen LogP contribution in [0.5, 0.6) is 0 Å². The van der Waals surface area contributed by atoms with E-state index >= 15 is 0 Å². The maximum atomic E-state index is 10.8. The molecule has 1 rings (SSSR count). The summed E-state index contributed by atoms with van der Waals surface area (Å²) >= 11 is 0. The minimum Gasteiger partial charge on any atom is -0.316 e. The summed E-state index contributed by atoms with van der Waals surface area (Å²) < 4.78 is 0. The second kappa shape index (κ2) is 7.32. The lowest BCUT2D eigenvalue weighted by molar-refractivity contribution is -0.117. The molecule has 0 saturated heterocycles. The smallest absolute Gasteiger partial charge is 0.129 e. The lowest BCUT2D eigenvalue weighted by atomic mass is 9.99. The van der Waals surface area contributed by atoms with Crippen LogP contribution in [0, 0.1) is 20.8 Å². The van der Waals surface area contributed by atoms with Crippen LogP contribution >= 0.6 is 0 Å². The number of ketones is 1. The Bertz CT molecular complexity index is 410. The van der Waals surface area contributed by atoms with Gasteiger partial charge in [-0.3, -0.25) is 0 Å². The van der Waals surface area contributed by atoms with E-state index in [4.69, 9.17) is 0 Å². The Labute approximate surface area is 111 Å². The number of rotatable bonds is 7. The molecule has 0 aliphatic rings. The molecule has 2 heteroatoms. The van der Waals surface area contributed by atoms with Crippen molar-refractivity contribution in [2.45, 2.75) is 47.0 Å². The average Bonchev–Trinajstić information content (AvgIpc) is 2.29. The topological polar surface area (TPSA) is 29.1 Å². The molecule has 0 aromatic heterocycles. The van der Waals surface area contributed by atoms with E-state index in [-0.39, 0.29) is 5.78 Å². The quantitative estimate of drug-likeness (QED) is 0.750. The van der Waals surface area contributed by atoms with Crippen molar-refractivity contribution in [3.8, 4) is 0 Å². The second-order valence-corrected chi connectivity index (χ2v) is 5.17. The van der Waals surface area contributed by atoms with E-state index in [1.165, 1.54) is 22.3 Å². The van der Waals surface area contributed by atoms with E-state index in [0.717, 1.165) is 25.9 Å². The molecule has 1 N–H and O–H groups in total. The molecule has 0 heterocycles. The molecule has 0 aliphatic heterocycles. The lowest BCUT2D eigenvalue weighted by Gasteiger charge is -2.10. The molecule has 0 saturated carbocycles. The highest BCUT2D eigenvalue weighted by Gasteiger charge is 2.01. The first-order chi connectivity index (χ1) is 8.50. The Balaban J connectivity index is 2.31. The number of carbonyl (C=O) groups excluding carboxylic acids is 1. The number of carbonyl (C=O) groups is 1. The predicted octanol–water partition coefficient (Wildman–Crippen LogP) is 3.11. The molecule has 0 amide bonds. The van der Waals surface area contributed by atoms with Crippen molar-refractivity contribution < 1.29 is 4.79 Å². The van der Waals surface area contributed by atoms with Crippen molar-refractivity contribution in [2.75, 3.05) is 13.1 Å². The summed E-state index contributed by atoms with van der Waals surface area (Å²) in [5.41, 5.74) is 5.54. The van der Waals surface area contributed by atoms with Crippen LogP contribution < -0.4 is 5.32 Å². The zero-order valence-corrected chi connectivity index (χ0v) is 12.1.